The molecule has 0 saturated carbocycles. The van der Waals surface area contributed by atoms with Crippen LogP contribution in [0.25, 0.3) is 0 Å². The second kappa shape index (κ2) is 6.44. The highest BCUT2D eigenvalue weighted by molar-refractivity contribution is 7.99. The molecule has 2 fully saturated rings. The van der Waals surface area contributed by atoms with Crippen LogP contribution in [0.4, 0.5) is 0 Å². The van der Waals surface area contributed by atoms with Crippen molar-refractivity contribution >= 4 is 29.5 Å². The summed E-state index contributed by atoms with van der Waals surface area (Å²) in [6.07, 6.45) is 0. The van der Waals surface area contributed by atoms with Gasteiger partial charge >= 0.3 is 5.97 Å². The number of carboxylic acid groups (broad SMARTS) is 1. The lowest BCUT2D eigenvalue weighted by Gasteiger charge is -2.49. The number of hydrogen-bond donors (Lipinski definition) is 3. The average molecular weight is 292 g/mol. The van der Waals surface area contributed by atoms with Crippen molar-refractivity contribution in [3.63, 3.8) is 0 Å². The molecule has 8 heteroatoms. The van der Waals surface area contributed by atoms with Crippen LogP contribution < -0.4 is 11.3 Å². The number of carboxylic acids is 1. The zero-order valence-corrected chi connectivity index (χ0v) is 11.9. The zero-order chi connectivity index (χ0) is 13.0. The third-order valence-electron chi connectivity index (χ3n) is 3.44. The molecule has 2 rings (SSSR count). The van der Waals surface area contributed by atoms with E-state index in [0.717, 1.165) is 49.2 Å². The molecule has 2 aliphatic heterocycles. The van der Waals surface area contributed by atoms with Gasteiger partial charge in [-0.2, -0.15) is 23.5 Å². The van der Waals surface area contributed by atoms with Gasteiger partial charge in [-0.05, 0) is 0 Å². The molecule has 4 N–H and O–H groups in total. The Hall–Kier alpha value is 0.01000. The highest BCUT2D eigenvalue weighted by atomic mass is 32.2. The van der Waals surface area contributed by atoms with Crippen molar-refractivity contribution in [1.29, 1.82) is 0 Å². The van der Waals surface area contributed by atoms with Crippen molar-refractivity contribution < 1.29 is 9.90 Å². The number of hydrogen-bond acceptors (Lipinski definition) is 7. The van der Waals surface area contributed by atoms with E-state index < -0.39 is 11.8 Å². The van der Waals surface area contributed by atoms with E-state index in [-0.39, 0.29) is 0 Å². The van der Waals surface area contributed by atoms with E-state index >= 15 is 0 Å². The first-order chi connectivity index (χ1) is 8.71. The van der Waals surface area contributed by atoms with Gasteiger partial charge < -0.3 is 5.11 Å². The van der Waals surface area contributed by atoms with Crippen LogP contribution in [0.5, 0.6) is 0 Å². The van der Waals surface area contributed by atoms with Crippen LogP contribution >= 0.6 is 23.5 Å². The number of hydrazine groups is 1. The SMILES string of the molecule is NNC(C(=O)O)(N1CCSCC1)N1CCSCC1. The minimum absolute atomic E-state index is 0.755. The lowest BCUT2D eigenvalue weighted by molar-refractivity contribution is -0.174. The van der Waals surface area contributed by atoms with Crippen molar-refractivity contribution in [1.82, 2.24) is 15.2 Å². The first-order valence-corrected chi connectivity index (χ1v) is 8.39. The Morgan fingerprint density at radius 2 is 1.44 bits per heavy atom. The summed E-state index contributed by atoms with van der Waals surface area (Å²) in [5, 5.41) is 9.69. The molecular weight excluding hydrogens is 272 g/mol. The molecule has 0 aromatic rings. The fraction of sp³-hybridized carbons (Fsp3) is 0.900. The Bertz CT molecular complexity index is 276. The third-order valence-corrected chi connectivity index (χ3v) is 5.32. The van der Waals surface area contributed by atoms with Crippen LogP contribution in [0.15, 0.2) is 0 Å². The number of carbonyl (C=O) groups is 1. The summed E-state index contributed by atoms with van der Waals surface area (Å²) in [5.74, 6) is 7.34. The number of thioether (sulfide) groups is 2. The first kappa shape index (κ1) is 14.4. The molecule has 104 valence electrons. The normalized spacial score (nSPS) is 24.1. The largest absolute Gasteiger partial charge is 0.478 e. The molecule has 0 bridgehead atoms. The number of nitrogens with zero attached hydrogens (tertiary/aromatic N) is 2. The van der Waals surface area contributed by atoms with E-state index in [2.05, 4.69) is 5.43 Å². The van der Waals surface area contributed by atoms with E-state index in [9.17, 15) is 9.90 Å². The Kier molecular flexibility index (Phi) is 5.16. The molecule has 0 aromatic carbocycles. The number of nitrogens with one attached hydrogen (secondary N) is 1. The minimum Gasteiger partial charge on any atom is -0.478 e. The van der Waals surface area contributed by atoms with Gasteiger partial charge in [0.2, 0.25) is 5.79 Å². The van der Waals surface area contributed by atoms with Crippen molar-refractivity contribution in [3.8, 4) is 0 Å². The van der Waals surface area contributed by atoms with Gasteiger partial charge in [0.1, 0.15) is 0 Å². The summed E-state index contributed by atoms with van der Waals surface area (Å²) >= 11 is 3.72. The molecule has 2 saturated heterocycles. The second-order valence-corrected chi connectivity index (χ2v) is 6.77. The maximum absolute atomic E-state index is 11.8. The van der Waals surface area contributed by atoms with Crippen LogP contribution in [0.1, 0.15) is 0 Å². The quantitative estimate of drug-likeness (QED) is 0.463. The van der Waals surface area contributed by atoms with E-state index in [1.165, 1.54) is 0 Å². The Morgan fingerprint density at radius 1 is 1.06 bits per heavy atom. The molecule has 0 aliphatic carbocycles. The van der Waals surface area contributed by atoms with E-state index in [1.807, 2.05) is 33.3 Å². The highest BCUT2D eigenvalue weighted by Gasteiger charge is 2.49. The molecule has 0 radical (unpaired) electrons. The average Bonchev–Trinajstić information content (AvgIpc) is 2.42. The molecular formula is C10H20N4O2S2. The molecule has 0 aromatic heterocycles. The molecule has 0 atom stereocenters. The molecule has 0 amide bonds. The monoisotopic (exact) mass is 292 g/mol. The van der Waals surface area contributed by atoms with Crippen molar-refractivity contribution in [2.45, 2.75) is 5.79 Å². The van der Waals surface area contributed by atoms with Crippen molar-refractivity contribution in [2.75, 3.05) is 49.2 Å². The van der Waals surface area contributed by atoms with Gasteiger partial charge in [0.25, 0.3) is 0 Å². The molecule has 6 nitrogen and oxygen atoms in total. The maximum Gasteiger partial charge on any atom is 0.356 e. The van der Waals surface area contributed by atoms with Crippen LogP contribution in [0, 0.1) is 0 Å². The number of rotatable bonds is 4. The van der Waals surface area contributed by atoms with Crippen molar-refractivity contribution in [2.24, 2.45) is 5.84 Å². The second-order valence-electron chi connectivity index (χ2n) is 4.32. The van der Waals surface area contributed by atoms with Crippen LogP contribution in [0.3, 0.4) is 0 Å². The number of nitrogens with two attached hydrogens (primary N) is 1. The standard InChI is InChI=1S/C10H20N4O2S2/c11-12-10(9(15)16,13-1-5-17-6-2-13)14-3-7-18-8-4-14/h12H,1-8,11H2,(H,15,16). The zero-order valence-electron chi connectivity index (χ0n) is 10.3. The maximum atomic E-state index is 11.8. The van der Waals surface area contributed by atoms with Gasteiger partial charge in [-0.1, -0.05) is 0 Å². The summed E-state index contributed by atoms with van der Waals surface area (Å²) in [5.41, 5.74) is 2.59. The molecule has 2 heterocycles. The van der Waals surface area contributed by atoms with E-state index in [1.54, 1.807) is 0 Å². The van der Waals surface area contributed by atoms with Gasteiger partial charge in [0.05, 0.1) is 0 Å². The van der Waals surface area contributed by atoms with Crippen LogP contribution in [-0.4, -0.2) is 75.9 Å². The molecule has 18 heavy (non-hydrogen) atoms. The van der Waals surface area contributed by atoms with E-state index in [0.29, 0.717) is 0 Å². The topological polar surface area (TPSA) is 81.8 Å². The Labute approximate surface area is 116 Å². The number of aliphatic carboxylic acids is 1. The summed E-state index contributed by atoms with van der Waals surface area (Å²) in [7, 11) is 0. The van der Waals surface area contributed by atoms with Gasteiger partial charge in [0.15, 0.2) is 0 Å². The van der Waals surface area contributed by atoms with E-state index in [4.69, 9.17) is 5.84 Å². The third kappa shape index (κ3) is 2.63. The summed E-state index contributed by atoms with van der Waals surface area (Å²) in [6, 6.07) is 0. The molecule has 0 spiro atoms. The lowest BCUT2D eigenvalue weighted by Crippen LogP contribution is -2.76. The first-order valence-electron chi connectivity index (χ1n) is 6.08. The fourth-order valence-electron chi connectivity index (χ4n) is 2.49. The van der Waals surface area contributed by atoms with Gasteiger partial charge in [0, 0.05) is 49.2 Å². The summed E-state index contributed by atoms with van der Waals surface area (Å²) in [4.78, 5) is 15.7. The lowest BCUT2D eigenvalue weighted by atomic mass is 10.2. The predicted octanol–water partition coefficient (Wildman–Crippen LogP) is -0.714. The van der Waals surface area contributed by atoms with Gasteiger partial charge in [-0.3, -0.25) is 15.6 Å². The smallest absolute Gasteiger partial charge is 0.356 e. The molecule has 0 unspecified atom stereocenters. The minimum atomic E-state index is -1.23. The highest BCUT2D eigenvalue weighted by Crippen LogP contribution is 2.25. The predicted molar refractivity (Wildman–Crippen MR) is 75.5 cm³/mol. The Balaban J connectivity index is 2.22. The Morgan fingerprint density at radius 3 is 1.72 bits per heavy atom. The summed E-state index contributed by atoms with van der Waals surface area (Å²) in [6.45, 7) is 3.02. The summed E-state index contributed by atoms with van der Waals surface area (Å²) < 4.78 is 0. The van der Waals surface area contributed by atoms with Gasteiger partial charge in [-0.25, -0.2) is 10.2 Å². The molecule has 2 aliphatic rings. The van der Waals surface area contributed by atoms with Crippen LogP contribution in [-0.2, 0) is 4.79 Å². The van der Waals surface area contributed by atoms with Gasteiger partial charge in [-0.15, -0.1) is 0 Å². The van der Waals surface area contributed by atoms with Crippen molar-refractivity contribution in [3.05, 3.63) is 0 Å². The fourth-order valence-corrected chi connectivity index (χ4v) is 4.29. The van der Waals surface area contributed by atoms with Crippen LogP contribution in [0.2, 0.25) is 0 Å².